The Kier molecular flexibility index (Phi) is 3.34. The number of esters is 1. The van der Waals surface area contributed by atoms with Crippen molar-refractivity contribution in [3.05, 3.63) is 0 Å². The predicted molar refractivity (Wildman–Crippen MR) is 55.0 cm³/mol. The third-order valence-corrected chi connectivity index (χ3v) is 2.21. The number of hydrogen-bond acceptors (Lipinski definition) is 4. The lowest BCUT2D eigenvalue weighted by Crippen LogP contribution is -2.56. The van der Waals surface area contributed by atoms with Crippen molar-refractivity contribution < 1.29 is 14.3 Å². The number of nitrogens with zero attached hydrogens (tertiary/aromatic N) is 1. The Morgan fingerprint density at radius 3 is 2.40 bits per heavy atom. The third kappa shape index (κ3) is 3.51. The Bertz CT molecular complexity index is 270. The van der Waals surface area contributed by atoms with Gasteiger partial charge in [0.25, 0.3) is 0 Å². The number of carbonyl (C=O) groups excluding carboxylic acids is 2. The molecule has 2 N–H and O–H groups in total. The van der Waals surface area contributed by atoms with E-state index in [2.05, 4.69) is 0 Å². The number of nitrogens with two attached hydrogens (primary N) is 1. The van der Waals surface area contributed by atoms with Gasteiger partial charge in [0.2, 0.25) is 5.91 Å². The molecular formula is C10H18N2O3. The number of ether oxygens (including phenoxy) is 1. The van der Waals surface area contributed by atoms with Gasteiger partial charge in [0.15, 0.2) is 0 Å². The highest BCUT2D eigenvalue weighted by Gasteiger charge is 2.34. The second kappa shape index (κ2) is 4.18. The van der Waals surface area contributed by atoms with Crippen LogP contribution in [0.5, 0.6) is 0 Å². The van der Waals surface area contributed by atoms with Crippen LogP contribution in [0.1, 0.15) is 27.2 Å². The molecule has 1 fully saturated rings. The van der Waals surface area contributed by atoms with Gasteiger partial charge >= 0.3 is 5.97 Å². The minimum atomic E-state index is -0.482. The zero-order chi connectivity index (χ0) is 11.6. The quantitative estimate of drug-likeness (QED) is 0.665. The van der Waals surface area contributed by atoms with Gasteiger partial charge in [0.05, 0.1) is 12.6 Å². The molecule has 1 amide bonds. The van der Waals surface area contributed by atoms with Crippen LogP contribution in [0.25, 0.3) is 0 Å². The lowest BCUT2D eigenvalue weighted by Gasteiger charge is -2.38. The SMILES string of the molecule is CC(C)(C)OC(=O)CN1CCC1C(N)=O. The van der Waals surface area contributed by atoms with Gasteiger partial charge in [-0.15, -0.1) is 0 Å². The molecule has 1 heterocycles. The first kappa shape index (κ1) is 12.0. The van der Waals surface area contributed by atoms with E-state index in [1.165, 1.54) is 0 Å². The van der Waals surface area contributed by atoms with Crippen LogP contribution in [0, 0.1) is 0 Å². The fourth-order valence-corrected chi connectivity index (χ4v) is 1.49. The van der Waals surface area contributed by atoms with E-state index in [-0.39, 0.29) is 24.5 Å². The first-order chi connectivity index (χ1) is 6.79. The van der Waals surface area contributed by atoms with Gasteiger partial charge < -0.3 is 10.5 Å². The summed E-state index contributed by atoms with van der Waals surface area (Å²) < 4.78 is 5.14. The highest BCUT2D eigenvalue weighted by molar-refractivity contribution is 5.82. The first-order valence-corrected chi connectivity index (χ1v) is 5.05. The van der Waals surface area contributed by atoms with Crippen molar-refractivity contribution in [3.8, 4) is 0 Å². The second-order valence-corrected chi connectivity index (χ2v) is 4.76. The molecule has 0 radical (unpaired) electrons. The number of carbonyl (C=O) groups is 2. The standard InChI is InChI=1S/C10H18N2O3/c1-10(2,3)15-8(13)6-12-5-4-7(12)9(11)14/h7H,4-6H2,1-3H3,(H2,11,14). The summed E-state index contributed by atoms with van der Waals surface area (Å²) in [6.45, 7) is 6.31. The summed E-state index contributed by atoms with van der Waals surface area (Å²) in [6.07, 6.45) is 0.734. The molecule has 5 nitrogen and oxygen atoms in total. The molecule has 1 atom stereocenters. The van der Waals surface area contributed by atoms with Gasteiger partial charge in [-0.1, -0.05) is 0 Å². The van der Waals surface area contributed by atoms with Crippen LogP contribution < -0.4 is 5.73 Å². The van der Waals surface area contributed by atoms with Crippen LogP contribution in [0.3, 0.4) is 0 Å². The van der Waals surface area contributed by atoms with Crippen molar-refractivity contribution in [3.63, 3.8) is 0 Å². The van der Waals surface area contributed by atoms with Crippen molar-refractivity contribution >= 4 is 11.9 Å². The molecule has 1 saturated heterocycles. The first-order valence-electron chi connectivity index (χ1n) is 5.05. The Hall–Kier alpha value is -1.10. The number of hydrogen-bond donors (Lipinski definition) is 1. The van der Waals surface area contributed by atoms with Gasteiger partial charge in [-0.05, 0) is 27.2 Å². The summed E-state index contributed by atoms with van der Waals surface area (Å²) >= 11 is 0. The summed E-state index contributed by atoms with van der Waals surface area (Å²) in [5.41, 5.74) is 4.68. The van der Waals surface area contributed by atoms with Crippen molar-refractivity contribution in [2.75, 3.05) is 13.1 Å². The molecule has 1 aliphatic heterocycles. The van der Waals surface area contributed by atoms with Crippen LogP contribution in [0.2, 0.25) is 0 Å². The molecule has 15 heavy (non-hydrogen) atoms. The minimum absolute atomic E-state index is 0.144. The van der Waals surface area contributed by atoms with E-state index in [4.69, 9.17) is 10.5 Å². The van der Waals surface area contributed by atoms with E-state index in [1.54, 1.807) is 4.90 Å². The van der Waals surface area contributed by atoms with Crippen LogP contribution in [0.15, 0.2) is 0 Å². The summed E-state index contributed by atoms with van der Waals surface area (Å²) in [7, 11) is 0. The molecule has 86 valence electrons. The van der Waals surface area contributed by atoms with Gasteiger partial charge in [0.1, 0.15) is 5.60 Å². The molecule has 0 aromatic carbocycles. The molecule has 0 spiro atoms. The van der Waals surface area contributed by atoms with Crippen molar-refractivity contribution in [1.82, 2.24) is 4.90 Å². The molecule has 1 aliphatic rings. The monoisotopic (exact) mass is 214 g/mol. The highest BCUT2D eigenvalue weighted by atomic mass is 16.6. The summed E-state index contributed by atoms with van der Waals surface area (Å²) in [6, 6.07) is -0.294. The van der Waals surface area contributed by atoms with Crippen LogP contribution in [-0.4, -0.2) is 41.5 Å². The largest absolute Gasteiger partial charge is 0.459 e. The Labute approximate surface area is 89.6 Å². The normalized spacial score (nSPS) is 21.9. The average Bonchev–Trinajstić information content (AvgIpc) is 1.93. The molecular weight excluding hydrogens is 196 g/mol. The van der Waals surface area contributed by atoms with Gasteiger partial charge in [-0.25, -0.2) is 0 Å². The summed E-state index contributed by atoms with van der Waals surface area (Å²) in [5.74, 6) is -0.682. The van der Waals surface area contributed by atoms with Crippen molar-refractivity contribution in [2.45, 2.75) is 38.8 Å². The zero-order valence-electron chi connectivity index (χ0n) is 9.45. The number of likely N-dealkylation sites (tertiary alicyclic amines) is 1. The Morgan fingerprint density at radius 1 is 1.47 bits per heavy atom. The predicted octanol–water partition coefficient (Wildman–Crippen LogP) is -0.112. The second-order valence-electron chi connectivity index (χ2n) is 4.76. The molecule has 0 aromatic rings. The van der Waals surface area contributed by atoms with E-state index in [0.29, 0.717) is 0 Å². The number of primary amides is 1. The lowest BCUT2D eigenvalue weighted by molar-refractivity contribution is -0.158. The molecule has 0 bridgehead atoms. The minimum Gasteiger partial charge on any atom is -0.459 e. The van der Waals surface area contributed by atoms with Crippen LogP contribution in [-0.2, 0) is 14.3 Å². The maximum absolute atomic E-state index is 11.4. The smallest absolute Gasteiger partial charge is 0.320 e. The number of amides is 1. The Morgan fingerprint density at radius 2 is 2.07 bits per heavy atom. The van der Waals surface area contributed by atoms with E-state index >= 15 is 0 Å². The van der Waals surface area contributed by atoms with Crippen LogP contribution in [0.4, 0.5) is 0 Å². The molecule has 0 saturated carbocycles. The number of rotatable bonds is 3. The molecule has 5 heteroatoms. The van der Waals surface area contributed by atoms with Gasteiger partial charge in [-0.3, -0.25) is 14.5 Å². The van der Waals surface area contributed by atoms with Gasteiger partial charge in [0, 0.05) is 6.54 Å². The van der Waals surface area contributed by atoms with E-state index < -0.39 is 5.60 Å². The summed E-state index contributed by atoms with van der Waals surface area (Å²) in [4.78, 5) is 24.0. The highest BCUT2D eigenvalue weighted by Crippen LogP contribution is 2.17. The zero-order valence-corrected chi connectivity index (χ0v) is 9.45. The molecule has 0 aromatic heterocycles. The third-order valence-electron chi connectivity index (χ3n) is 2.21. The topological polar surface area (TPSA) is 72.6 Å². The Balaban J connectivity index is 2.36. The van der Waals surface area contributed by atoms with Crippen LogP contribution >= 0.6 is 0 Å². The molecule has 1 unspecified atom stereocenters. The average molecular weight is 214 g/mol. The fraction of sp³-hybridized carbons (Fsp3) is 0.800. The molecule has 0 aliphatic carbocycles. The lowest BCUT2D eigenvalue weighted by atomic mass is 10.0. The van der Waals surface area contributed by atoms with Gasteiger partial charge in [-0.2, -0.15) is 0 Å². The van der Waals surface area contributed by atoms with Crippen molar-refractivity contribution in [1.29, 1.82) is 0 Å². The fourth-order valence-electron chi connectivity index (χ4n) is 1.49. The molecule has 1 rings (SSSR count). The maximum atomic E-state index is 11.4. The summed E-state index contributed by atoms with van der Waals surface area (Å²) in [5, 5.41) is 0. The van der Waals surface area contributed by atoms with E-state index in [9.17, 15) is 9.59 Å². The van der Waals surface area contributed by atoms with Crippen molar-refractivity contribution in [2.24, 2.45) is 5.73 Å². The van der Waals surface area contributed by atoms with E-state index in [1.807, 2.05) is 20.8 Å². The van der Waals surface area contributed by atoms with E-state index in [0.717, 1.165) is 13.0 Å². The maximum Gasteiger partial charge on any atom is 0.320 e.